The summed E-state index contributed by atoms with van der Waals surface area (Å²) in [5.41, 5.74) is 1.44. The molecule has 1 atom stereocenters. The molecule has 1 unspecified atom stereocenters. The van der Waals surface area contributed by atoms with Crippen LogP contribution in [0.15, 0.2) is 30.3 Å². The van der Waals surface area contributed by atoms with Gasteiger partial charge in [-0.15, -0.1) is 0 Å². The fourth-order valence-electron chi connectivity index (χ4n) is 2.95. The Kier molecular flexibility index (Phi) is 4.87. The maximum Gasteiger partial charge on any atom is 0.0814 e. The molecule has 112 valence electrons. The molecule has 0 spiro atoms. The molecule has 1 N–H and O–H groups in total. The first-order valence-electron chi connectivity index (χ1n) is 7.88. The summed E-state index contributed by atoms with van der Waals surface area (Å²) in [6.07, 6.45) is 5.08. The standard InChI is InChI=1S/C18H29NO/c1-15(16-10-6-5-7-11-16)20-18(12-8-9-13-18)14-19-17(2,3)4/h5-7,10-11,15,19H,8-9,12-14H2,1-4H3. The normalized spacial score (nSPS) is 20.0. The lowest BCUT2D eigenvalue weighted by Crippen LogP contribution is -2.48. The van der Waals surface area contributed by atoms with Crippen LogP contribution in [0.4, 0.5) is 0 Å². The monoisotopic (exact) mass is 275 g/mol. The minimum absolute atomic E-state index is 0.0164. The van der Waals surface area contributed by atoms with Crippen molar-refractivity contribution in [2.45, 2.75) is 70.6 Å². The van der Waals surface area contributed by atoms with E-state index in [0.717, 1.165) is 6.54 Å². The molecule has 1 aliphatic carbocycles. The molecule has 2 rings (SSSR count). The summed E-state index contributed by atoms with van der Waals surface area (Å²) in [5, 5.41) is 3.64. The zero-order chi connectivity index (χ0) is 14.6. The number of benzene rings is 1. The van der Waals surface area contributed by atoms with E-state index in [4.69, 9.17) is 4.74 Å². The van der Waals surface area contributed by atoms with Gasteiger partial charge < -0.3 is 10.1 Å². The van der Waals surface area contributed by atoms with Crippen molar-refractivity contribution in [3.8, 4) is 0 Å². The Bertz CT molecular complexity index is 401. The summed E-state index contributed by atoms with van der Waals surface area (Å²) in [4.78, 5) is 0. The lowest BCUT2D eigenvalue weighted by atomic mass is 9.98. The van der Waals surface area contributed by atoms with E-state index in [0.29, 0.717) is 0 Å². The van der Waals surface area contributed by atoms with Crippen molar-refractivity contribution in [1.29, 1.82) is 0 Å². The Morgan fingerprint density at radius 3 is 2.30 bits per heavy atom. The third-order valence-corrected chi connectivity index (χ3v) is 4.15. The van der Waals surface area contributed by atoms with E-state index in [-0.39, 0.29) is 17.2 Å². The number of ether oxygens (including phenoxy) is 1. The van der Waals surface area contributed by atoms with Gasteiger partial charge in [0.05, 0.1) is 11.7 Å². The van der Waals surface area contributed by atoms with Crippen molar-refractivity contribution in [2.75, 3.05) is 6.54 Å². The fraction of sp³-hybridized carbons (Fsp3) is 0.667. The quantitative estimate of drug-likeness (QED) is 0.856. The minimum Gasteiger partial charge on any atom is -0.366 e. The second-order valence-electron chi connectivity index (χ2n) is 7.16. The highest BCUT2D eigenvalue weighted by molar-refractivity contribution is 5.17. The maximum atomic E-state index is 6.52. The summed E-state index contributed by atoms with van der Waals surface area (Å²) < 4.78 is 6.52. The predicted octanol–water partition coefficient (Wildman–Crippen LogP) is 4.47. The second-order valence-corrected chi connectivity index (χ2v) is 7.16. The van der Waals surface area contributed by atoms with Crippen LogP contribution in [0, 0.1) is 0 Å². The molecule has 0 bridgehead atoms. The highest BCUT2D eigenvalue weighted by Gasteiger charge is 2.37. The van der Waals surface area contributed by atoms with E-state index in [9.17, 15) is 0 Å². The van der Waals surface area contributed by atoms with Crippen LogP contribution < -0.4 is 5.32 Å². The molecule has 0 amide bonds. The van der Waals surface area contributed by atoms with Crippen molar-refractivity contribution in [3.63, 3.8) is 0 Å². The van der Waals surface area contributed by atoms with Gasteiger partial charge in [0.15, 0.2) is 0 Å². The number of hydrogen-bond acceptors (Lipinski definition) is 2. The number of hydrogen-bond donors (Lipinski definition) is 1. The highest BCUT2D eigenvalue weighted by atomic mass is 16.5. The number of rotatable bonds is 5. The summed E-state index contributed by atoms with van der Waals surface area (Å²) >= 11 is 0. The summed E-state index contributed by atoms with van der Waals surface area (Å²) in [7, 11) is 0. The largest absolute Gasteiger partial charge is 0.366 e. The van der Waals surface area contributed by atoms with Gasteiger partial charge in [-0.2, -0.15) is 0 Å². The van der Waals surface area contributed by atoms with Crippen molar-refractivity contribution in [3.05, 3.63) is 35.9 Å². The predicted molar refractivity (Wildman–Crippen MR) is 84.9 cm³/mol. The molecule has 1 saturated carbocycles. The summed E-state index contributed by atoms with van der Waals surface area (Å²) in [5.74, 6) is 0. The average Bonchev–Trinajstić information content (AvgIpc) is 2.86. The molecule has 1 aliphatic rings. The van der Waals surface area contributed by atoms with Crippen LogP contribution in [0.5, 0.6) is 0 Å². The Balaban J connectivity index is 2.02. The molecular weight excluding hydrogens is 246 g/mol. The van der Waals surface area contributed by atoms with Crippen LogP contribution in [0.3, 0.4) is 0 Å². The van der Waals surface area contributed by atoms with Crippen molar-refractivity contribution in [1.82, 2.24) is 5.32 Å². The Morgan fingerprint density at radius 2 is 1.75 bits per heavy atom. The first kappa shape index (κ1) is 15.5. The molecule has 0 aliphatic heterocycles. The summed E-state index contributed by atoms with van der Waals surface area (Å²) in [6, 6.07) is 10.5. The molecule has 20 heavy (non-hydrogen) atoms. The summed E-state index contributed by atoms with van der Waals surface area (Å²) in [6.45, 7) is 9.78. The van der Waals surface area contributed by atoms with Gasteiger partial charge in [0.2, 0.25) is 0 Å². The van der Waals surface area contributed by atoms with Crippen LogP contribution in [0.1, 0.15) is 65.0 Å². The van der Waals surface area contributed by atoms with Gasteiger partial charge in [0.1, 0.15) is 0 Å². The SMILES string of the molecule is CC(OC1(CNC(C)(C)C)CCCC1)c1ccccc1. The fourth-order valence-corrected chi connectivity index (χ4v) is 2.95. The van der Waals surface area contributed by atoms with Gasteiger partial charge in [-0.25, -0.2) is 0 Å². The van der Waals surface area contributed by atoms with Gasteiger partial charge in [-0.05, 0) is 46.1 Å². The van der Waals surface area contributed by atoms with E-state index >= 15 is 0 Å². The lowest BCUT2D eigenvalue weighted by molar-refractivity contribution is -0.0859. The van der Waals surface area contributed by atoms with Gasteiger partial charge >= 0.3 is 0 Å². The third-order valence-electron chi connectivity index (χ3n) is 4.15. The molecule has 2 nitrogen and oxygen atoms in total. The van der Waals surface area contributed by atoms with Crippen molar-refractivity contribution in [2.24, 2.45) is 0 Å². The first-order valence-corrected chi connectivity index (χ1v) is 7.88. The molecule has 0 radical (unpaired) electrons. The van der Waals surface area contributed by atoms with Gasteiger partial charge in [0, 0.05) is 12.1 Å². The van der Waals surface area contributed by atoms with E-state index in [1.807, 2.05) is 0 Å². The van der Waals surface area contributed by atoms with Crippen LogP contribution >= 0.6 is 0 Å². The molecule has 1 fully saturated rings. The Hall–Kier alpha value is -0.860. The molecule has 0 aromatic heterocycles. The van der Waals surface area contributed by atoms with Crippen LogP contribution in [0.25, 0.3) is 0 Å². The molecule has 1 aromatic rings. The van der Waals surface area contributed by atoms with E-state index < -0.39 is 0 Å². The maximum absolute atomic E-state index is 6.52. The smallest absolute Gasteiger partial charge is 0.0814 e. The zero-order valence-corrected chi connectivity index (χ0v) is 13.4. The Labute approximate surface area is 123 Å². The first-order chi connectivity index (χ1) is 9.40. The van der Waals surface area contributed by atoms with Crippen LogP contribution in [0.2, 0.25) is 0 Å². The zero-order valence-electron chi connectivity index (χ0n) is 13.4. The Morgan fingerprint density at radius 1 is 1.15 bits per heavy atom. The van der Waals surface area contributed by atoms with E-state index in [1.54, 1.807) is 0 Å². The third kappa shape index (κ3) is 4.32. The molecule has 0 heterocycles. The van der Waals surface area contributed by atoms with Gasteiger partial charge in [0.25, 0.3) is 0 Å². The molecular formula is C18H29NO. The highest BCUT2D eigenvalue weighted by Crippen LogP contribution is 2.37. The van der Waals surface area contributed by atoms with Gasteiger partial charge in [-0.1, -0.05) is 43.2 Å². The molecule has 0 saturated heterocycles. The van der Waals surface area contributed by atoms with Crippen LogP contribution in [-0.4, -0.2) is 17.7 Å². The number of nitrogens with one attached hydrogen (secondary N) is 1. The molecule has 2 heteroatoms. The van der Waals surface area contributed by atoms with Gasteiger partial charge in [-0.3, -0.25) is 0 Å². The van der Waals surface area contributed by atoms with E-state index in [2.05, 4.69) is 63.3 Å². The molecule has 1 aromatic carbocycles. The van der Waals surface area contributed by atoms with Crippen molar-refractivity contribution >= 4 is 0 Å². The lowest BCUT2D eigenvalue weighted by Gasteiger charge is -2.36. The second kappa shape index (κ2) is 6.28. The van der Waals surface area contributed by atoms with Crippen LogP contribution in [-0.2, 0) is 4.74 Å². The van der Waals surface area contributed by atoms with E-state index in [1.165, 1.54) is 31.2 Å². The minimum atomic E-state index is 0.0164. The van der Waals surface area contributed by atoms with Crippen molar-refractivity contribution < 1.29 is 4.74 Å². The topological polar surface area (TPSA) is 21.3 Å². The average molecular weight is 275 g/mol.